The van der Waals surface area contributed by atoms with Crippen LogP contribution in [0.5, 0.6) is 11.5 Å². The molecule has 0 unspecified atom stereocenters. The summed E-state index contributed by atoms with van der Waals surface area (Å²) in [5.74, 6) is 1.14. The van der Waals surface area contributed by atoms with Gasteiger partial charge in [0.25, 0.3) is 5.91 Å². The van der Waals surface area contributed by atoms with Crippen molar-refractivity contribution < 1.29 is 24.0 Å². The number of nitrogens with one attached hydrogen (secondary N) is 2. The van der Waals surface area contributed by atoms with Crippen LogP contribution in [0.25, 0.3) is 0 Å². The summed E-state index contributed by atoms with van der Waals surface area (Å²) in [5, 5.41) is 3.02. The Morgan fingerprint density at radius 1 is 0.839 bits per heavy atom. The summed E-state index contributed by atoms with van der Waals surface area (Å²) in [7, 11) is 3.20. The molecule has 2 aliphatic rings. The first kappa shape index (κ1) is 21.2. The number of benzene rings is 2. The van der Waals surface area contributed by atoms with Crippen molar-refractivity contribution in [2.24, 2.45) is 0 Å². The normalized spacial score (nSPS) is 19.1. The highest BCUT2D eigenvalue weighted by molar-refractivity contribution is 6.09. The van der Waals surface area contributed by atoms with Gasteiger partial charge in [-0.05, 0) is 61.1 Å². The molecular weight excluding hydrogens is 394 g/mol. The SMILES string of the molecule is COc1ccc(C2(c3ccc(OC)cc3)NC(=O)N(C[NH+]3CCCCCC3)C2=O)cc1. The van der Waals surface area contributed by atoms with Crippen LogP contribution < -0.4 is 19.7 Å². The molecule has 2 aromatic rings. The first-order valence-corrected chi connectivity index (χ1v) is 10.8. The van der Waals surface area contributed by atoms with E-state index in [9.17, 15) is 9.59 Å². The highest BCUT2D eigenvalue weighted by Crippen LogP contribution is 2.37. The van der Waals surface area contributed by atoms with Gasteiger partial charge in [-0.25, -0.2) is 9.69 Å². The first-order valence-electron chi connectivity index (χ1n) is 10.8. The van der Waals surface area contributed by atoms with E-state index in [1.165, 1.54) is 22.6 Å². The minimum absolute atomic E-state index is 0.246. The maximum atomic E-state index is 13.9. The van der Waals surface area contributed by atoms with Crippen molar-refractivity contribution in [3.8, 4) is 11.5 Å². The lowest BCUT2D eigenvalue weighted by Crippen LogP contribution is -3.13. The second-order valence-corrected chi connectivity index (χ2v) is 8.19. The molecule has 0 atom stereocenters. The molecule has 0 saturated carbocycles. The van der Waals surface area contributed by atoms with E-state index in [0.717, 1.165) is 25.9 Å². The minimum atomic E-state index is -1.28. The number of imide groups is 1. The largest absolute Gasteiger partial charge is 0.497 e. The van der Waals surface area contributed by atoms with Crippen molar-refractivity contribution in [2.45, 2.75) is 31.2 Å². The number of quaternary nitrogens is 1. The molecule has 2 fully saturated rings. The van der Waals surface area contributed by atoms with E-state index in [4.69, 9.17) is 9.47 Å². The number of nitrogens with zero attached hydrogens (tertiary/aromatic N) is 1. The van der Waals surface area contributed by atoms with Crippen LogP contribution in [0.2, 0.25) is 0 Å². The van der Waals surface area contributed by atoms with Crippen LogP contribution in [0, 0.1) is 0 Å². The molecule has 31 heavy (non-hydrogen) atoms. The van der Waals surface area contributed by atoms with Gasteiger partial charge in [-0.15, -0.1) is 0 Å². The van der Waals surface area contributed by atoms with Crippen LogP contribution in [-0.4, -0.2) is 50.8 Å². The molecule has 7 nitrogen and oxygen atoms in total. The maximum absolute atomic E-state index is 13.9. The van der Waals surface area contributed by atoms with Crippen LogP contribution in [0.3, 0.4) is 0 Å². The number of carbonyl (C=O) groups excluding carboxylic acids is 2. The Morgan fingerprint density at radius 3 is 1.77 bits per heavy atom. The predicted octanol–water partition coefficient (Wildman–Crippen LogP) is 1.92. The van der Waals surface area contributed by atoms with Crippen molar-refractivity contribution in [3.05, 3.63) is 59.7 Å². The van der Waals surface area contributed by atoms with E-state index in [0.29, 0.717) is 29.3 Å². The Morgan fingerprint density at radius 2 is 1.32 bits per heavy atom. The van der Waals surface area contributed by atoms with Crippen LogP contribution in [-0.2, 0) is 10.3 Å². The van der Waals surface area contributed by atoms with Crippen molar-refractivity contribution in [2.75, 3.05) is 34.0 Å². The molecule has 7 heteroatoms. The zero-order valence-electron chi connectivity index (χ0n) is 18.1. The van der Waals surface area contributed by atoms with E-state index >= 15 is 0 Å². The molecule has 0 aromatic heterocycles. The van der Waals surface area contributed by atoms with Gasteiger partial charge in [0, 0.05) is 0 Å². The Balaban J connectivity index is 1.72. The number of carbonyl (C=O) groups is 2. The van der Waals surface area contributed by atoms with Crippen molar-refractivity contribution in [1.82, 2.24) is 10.2 Å². The molecule has 2 saturated heterocycles. The van der Waals surface area contributed by atoms with Gasteiger partial charge in [0.1, 0.15) is 11.5 Å². The smallest absolute Gasteiger partial charge is 0.330 e. The molecule has 2 aromatic carbocycles. The maximum Gasteiger partial charge on any atom is 0.330 e. The van der Waals surface area contributed by atoms with E-state index in [-0.39, 0.29) is 11.9 Å². The number of rotatable bonds is 6. The van der Waals surface area contributed by atoms with E-state index < -0.39 is 5.54 Å². The average molecular weight is 425 g/mol. The van der Waals surface area contributed by atoms with Gasteiger partial charge >= 0.3 is 6.03 Å². The van der Waals surface area contributed by atoms with Gasteiger partial charge in [-0.2, -0.15) is 0 Å². The second-order valence-electron chi connectivity index (χ2n) is 8.19. The highest BCUT2D eigenvalue weighted by atomic mass is 16.5. The number of hydrogen-bond acceptors (Lipinski definition) is 4. The van der Waals surface area contributed by atoms with Gasteiger partial charge in [-0.1, -0.05) is 24.3 Å². The lowest BCUT2D eigenvalue weighted by atomic mass is 9.82. The van der Waals surface area contributed by atoms with Crippen LogP contribution in [0.4, 0.5) is 4.79 Å². The number of urea groups is 1. The van der Waals surface area contributed by atoms with Gasteiger partial charge in [0.15, 0.2) is 12.2 Å². The third kappa shape index (κ3) is 3.97. The Labute approximate surface area is 182 Å². The molecule has 2 heterocycles. The zero-order valence-corrected chi connectivity index (χ0v) is 18.1. The standard InChI is InChI=1S/C24H29N3O4/c1-30-20-11-7-18(8-12-20)24(19-9-13-21(31-2)14-10-19)22(28)27(23(29)25-24)17-26-15-5-3-4-6-16-26/h7-14H,3-6,15-17H2,1-2H3,(H,25,29)/p+1. The van der Waals surface area contributed by atoms with Crippen molar-refractivity contribution >= 4 is 11.9 Å². The summed E-state index contributed by atoms with van der Waals surface area (Å²) in [5.41, 5.74) is 0.122. The lowest BCUT2D eigenvalue weighted by molar-refractivity contribution is -0.906. The summed E-state index contributed by atoms with van der Waals surface area (Å²) < 4.78 is 10.6. The zero-order chi connectivity index (χ0) is 21.8. The molecule has 0 radical (unpaired) electrons. The van der Waals surface area contributed by atoms with Crippen molar-refractivity contribution in [3.63, 3.8) is 0 Å². The topological polar surface area (TPSA) is 72.3 Å². The minimum Gasteiger partial charge on any atom is -0.497 e. The van der Waals surface area contributed by atoms with Gasteiger partial charge < -0.3 is 19.7 Å². The number of amides is 3. The predicted molar refractivity (Wildman–Crippen MR) is 116 cm³/mol. The summed E-state index contributed by atoms with van der Waals surface area (Å²) in [6, 6.07) is 14.2. The molecule has 0 spiro atoms. The fourth-order valence-corrected chi connectivity index (χ4v) is 4.57. The lowest BCUT2D eigenvalue weighted by Gasteiger charge is -2.29. The van der Waals surface area contributed by atoms with Gasteiger partial charge in [0.2, 0.25) is 0 Å². The van der Waals surface area contributed by atoms with Crippen LogP contribution in [0.1, 0.15) is 36.8 Å². The van der Waals surface area contributed by atoms with E-state index in [1.807, 2.05) is 48.5 Å². The third-order valence-electron chi connectivity index (χ3n) is 6.34. The number of likely N-dealkylation sites (tertiary alicyclic amines) is 1. The fraction of sp³-hybridized carbons (Fsp3) is 0.417. The highest BCUT2D eigenvalue weighted by Gasteiger charge is 2.54. The van der Waals surface area contributed by atoms with Gasteiger partial charge in [0.05, 0.1) is 27.3 Å². The summed E-state index contributed by atoms with van der Waals surface area (Å²) in [6.07, 6.45) is 4.68. The second kappa shape index (κ2) is 8.98. The molecule has 4 rings (SSSR count). The quantitative estimate of drug-likeness (QED) is 0.695. The number of methoxy groups -OCH3 is 2. The Bertz CT molecular complexity index is 871. The molecule has 0 aliphatic carbocycles. The molecular formula is C24H30N3O4+. The van der Waals surface area contributed by atoms with Crippen LogP contribution >= 0.6 is 0 Å². The monoisotopic (exact) mass is 424 g/mol. The summed E-state index contributed by atoms with van der Waals surface area (Å²) in [4.78, 5) is 29.6. The molecule has 2 aliphatic heterocycles. The number of hydrogen-bond donors (Lipinski definition) is 2. The number of ether oxygens (including phenoxy) is 2. The molecule has 0 bridgehead atoms. The Kier molecular flexibility index (Phi) is 6.13. The van der Waals surface area contributed by atoms with E-state index in [2.05, 4.69) is 5.32 Å². The summed E-state index contributed by atoms with van der Waals surface area (Å²) >= 11 is 0. The molecule has 2 N–H and O–H groups in total. The Hall–Kier alpha value is -3.06. The summed E-state index contributed by atoms with van der Waals surface area (Å²) in [6.45, 7) is 2.35. The first-order chi connectivity index (χ1) is 15.1. The average Bonchev–Trinajstić information content (AvgIpc) is 2.97. The van der Waals surface area contributed by atoms with Crippen molar-refractivity contribution in [1.29, 1.82) is 0 Å². The van der Waals surface area contributed by atoms with Gasteiger partial charge in [-0.3, -0.25) is 4.79 Å². The molecule has 3 amide bonds. The fourth-order valence-electron chi connectivity index (χ4n) is 4.57. The van der Waals surface area contributed by atoms with E-state index in [1.54, 1.807) is 14.2 Å². The third-order valence-corrected chi connectivity index (χ3v) is 6.34. The van der Waals surface area contributed by atoms with Crippen LogP contribution in [0.15, 0.2) is 48.5 Å². The molecule has 164 valence electrons.